The van der Waals surface area contributed by atoms with Crippen LogP contribution in [0.15, 0.2) is 0 Å². The zero-order valence-corrected chi connectivity index (χ0v) is 12.4. The number of rotatable bonds is 6. The number of anilines is 1. The van der Waals surface area contributed by atoms with Gasteiger partial charge < -0.3 is 19.7 Å². The van der Waals surface area contributed by atoms with E-state index in [2.05, 4.69) is 32.2 Å². The van der Waals surface area contributed by atoms with Crippen molar-refractivity contribution in [2.45, 2.75) is 32.2 Å². The van der Waals surface area contributed by atoms with Crippen molar-refractivity contribution in [2.24, 2.45) is 0 Å². The van der Waals surface area contributed by atoms with Gasteiger partial charge in [0.1, 0.15) is 6.61 Å². The summed E-state index contributed by atoms with van der Waals surface area (Å²) >= 11 is 0. The van der Waals surface area contributed by atoms with Gasteiger partial charge in [-0.1, -0.05) is 6.42 Å². The first-order valence-electron chi connectivity index (χ1n) is 7.10. The Bertz CT molecular complexity index is 429. The molecule has 2 rings (SSSR count). The maximum Gasteiger partial charge on any atom is 0.324 e. The normalized spacial score (nSPS) is 19.6. The fourth-order valence-corrected chi connectivity index (χ4v) is 2.26. The predicted molar refractivity (Wildman–Crippen MR) is 76.3 cm³/mol. The molecule has 1 aromatic heterocycles. The van der Waals surface area contributed by atoms with Gasteiger partial charge in [0.15, 0.2) is 0 Å². The van der Waals surface area contributed by atoms with Crippen molar-refractivity contribution in [3.05, 3.63) is 0 Å². The van der Waals surface area contributed by atoms with Crippen LogP contribution in [0.1, 0.15) is 26.2 Å². The van der Waals surface area contributed by atoms with E-state index in [4.69, 9.17) is 9.47 Å². The SMILES string of the molecule is CCNc1nc(OC)nc(OCC2CCCCN2C)n1. The number of hydrogen-bond acceptors (Lipinski definition) is 7. The van der Waals surface area contributed by atoms with Crippen LogP contribution in [0.25, 0.3) is 0 Å². The predicted octanol–water partition coefficient (Wildman–Crippen LogP) is 1.18. The van der Waals surface area contributed by atoms with Crippen molar-refractivity contribution >= 4 is 5.95 Å². The van der Waals surface area contributed by atoms with E-state index in [0.717, 1.165) is 19.5 Å². The van der Waals surface area contributed by atoms with Crippen LogP contribution in [-0.4, -0.2) is 59.7 Å². The number of nitrogens with zero attached hydrogens (tertiary/aromatic N) is 4. The summed E-state index contributed by atoms with van der Waals surface area (Å²) in [4.78, 5) is 14.8. The Morgan fingerprint density at radius 1 is 1.25 bits per heavy atom. The standard InChI is InChI=1S/C13H23N5O2/c1-4-14-11-15-12(19-3)17-13(16-11)20-9-10-7-5-6-8-18(10)2/h10H,4-9H2,1-3H3,(H,14,15,16,17). The van der Waals surface area contributed by atoms with Crippen LogP contribution in [-0.2, 0) is 0 Å². The second-order valence-corrected chi connectivity index (χ2v) is 4.90. The van der Waals surface area contributed by atoms with Crippen molar-refractivity contribution in [1.82, 2.24) is 19.9 Å². The van der Waals surface area contributed by atoms with E-state index in [-0.39, 0.29) is 6.01 Å². The molecule has 0 spiro atoms. The van der Waals surface area contributed by atoms with Crippen LogP contribution in [0.4, 0.5) is 5.95 Å². The summed E-state index contributed by atoms with van der Waals surface area (Å²) in [5, 5.41) is 3.04. The molecule has 1 atom stereocenters. The highest BCUT2D eigenvalue weighted by Crippen LogP contribution is 2.17. The van der Waals surface area contributed by atoms with Crippen LogP contribution in [0.2, 0.25) is 0 Å². The average molecular weight is 281 g/mol. The van der Waals surface area contributed by atoms with E-state index >= 15 is 0 Å². The van der Waals surface area contributed by atoms with Gasteiger partial charge in [-0.25, -0.2) is 0 Å². The molecule has 1 fully saturated rings. The molecule has 1 aromatic rings. The summed E-state index contributed by atoms with van der Waals surface area (Å²) in [6.07, 6.45) is 3.66. The molecule has 1 saturated heterocycles. The average Bonchev–Trinajstić information content (AvgIpc) is 2.46. The summed E-state index contributed by atoms with van der Waals surface area (Å²) in [7, 11) is 3.66. The smallest absolute Gasteiger partial charge is 0.324 e. The molecule has 2 heterocycles. The van der Waals surface area contributed by atoms with Crippen LogP contribution in [0, 0.1) is 0 Å². The topological polar surface area (TPSA) is 72.4 Å². The Hall–Kier alpha value is -1.63. The Labute approximate surface area is 119 Å². The maximum absolute atomic E-state index is 5.72. The molecular formula is C13H23N5O2. The lowest BCUT2D eigenvalue weighted by Gasteiger charge is -2.31. The molecule has 7 nitrogen and oxygen atoms in total. The Morgan fingerprint density at radius 3 is 2.75 bits per heavy atom. The first-order valence-corrected chi connectivity index (χ1v) is 7.10. The lowest BCUT2D eigenvalue weighted by Crippen LogP contribution is -2.40. The summed E-state index contributed by atoms with van der Waals surface area (Å²) in [6.45, 7) is 4.43. The minimum atomic E-state index is 0.267. The quantitative estimate of drug-likeness (QED) is 0.839. The lowest BCUT2D eigenvalue weighted by atomic mass is 10.0. The molecule has 1 N–H and O–H groups in total. The third-order valence-corrected chi connectivity index (χ3v) is 3.44. The first-order chi connectivity index (χ1) is 9.72. The highest BCUT2D eigenvalue weighted by molar-refractivity contribution is 5.27. The zero-order chi connectivity index (χ0) is 14.4. The van der Waals surface area contributed by atoms with Gasteiger partial charge >= 0.3 is 12.0 Å². The van der Waals surface area contributed by atoms with Gasteiger partial charge in [0.25, 0.3) is 0 Å². The molecule has 0 bridgehead atoms. The zero-order valence-electron chi connectivity index (χ0n) is 12.4. The van der Waals surface area contributed by atoms with Gasteiger partial charge in [0.05, 0.1) is 7.11 Å². The molecule has 20 heavy (non-hydrogen) atoms. The second kappa shape index (κ2) is 7.23. The molecule has 1 aliphatic rings. The monoisotopic (exact) mass is 281 g/mol. The minimum Gasteiger partial charge on any atom is -0.467 e. The minimum absolute atomic E-state index is 0.267. The molecule has 1 unspecified atom stereocenters. The van der Waals surface area contributed by atoms with Crippen molar-refractivity contribution in [3.8, 4) is 12.0 Å². The summed E-state index contributed by atoms with van der Waals surface area (Å²) in [5.74, 6) is 0.478. The largest absolute Gasteiger partial charge is 0.467 e. The van der Waals surface area contributed by atoms with Crippen LogP contribution < -0.4 is 14.8 Å². The van der Waals surface area contributed by atoms with E-state index in [1.807, 2.05) is 6.92 Å². The first kappa shape index (κ1) is 14.8. The molecule has 1 aliphatic heterocycles. The summed E-state index contributed by atoms with van der Waals surface area (Å²) in [5.41, 5.74) is 0. The Kier molecular flexibility index (Phi) is 5.34. The molecule has 0 saturated carbocycles. The van der Waals surface area contributed by atoms with E-state index in [0.29, 0.717) is 24.6 Å². The summed E-state index contributed by atoms with van der Waals surface area (Å²) in [6, 6.07) is 1.00. The van der Waals surface area contributed by atoms with Crippen LogP contribution in [0.5, 0.6) is 12.0 Å². The fraction of sp³-hybridized carbons (Fsp3) is 0.769. The number of nitrogens with one attached hydrogen (secondary N) is 1. The van der Waals surface area contributed by atoms with E-state index in [9.17, 15) is 0 Å². The maximum atomic E-state index is 5.72. The molecule has 0 radical (unpaired) electrons. The third-order valence-electron chi connectivity index (χ3n) is 3.44. The number of piperidine rings is 1. The van der Waals surface area contributed by atoms with Crippen molar-refractivity contribution in [3.63, 3.8) is 0 Å². The number of methoxy groups -OCH3 is 1. The number of likely N-dealkylation sites (tertiary alicyclic amines) is 1. The highest BCUT2D eigenvalue weighted by Gasteiger charge is 2.20. The van der Waals surface area contributed by atoms with Gasteiger partial charge in [-0.05, 0) is 33.4 Å². The Balaban J connectivity index is 1.98. The molecule has 7 heteroatoms. The second-order valence-electron chi connectivity index (χ2n) is 4.90. The third kappa shape index (κ3) is 3.93. The Morgan fingerprint density at radius 2 is 2.05 bits per heavy atom. The van der Waals surface area contributed by atoms with Gasteiger partial charge in [-0.2, -0.15) is 9.97 Å². The molecule has 0 aromatic carbocycles. The van der Waals surface area contributed by atoms with Crippen LogP contribution in [0.3, 0.4) is 0 Å². The number of ether oxygens (including phenoxy) is 2. The fourth-order valence-electron chi connectivity index (χ4n) is 2.26. The van der Waals surface area contributed by atoms with Gasteiger partial charge in [0, 0.05) is 12.6 Å². The van der Waals surface area contributed by atoms with Gasteiger partial charge in [-0.3, -0.25) is 0 Å². The molecule has 0 aliphatic carbocycles. The van der Waals surface area contributed by atoms with Crippen molar-refractivity contribution in [2.75, 3.05) is 39.2 Å². The lowest BCUT2D eigenvalue weighted by molar-refractivity contribution is 0.119. The van der Waals surface area contributed by atoms with Crippen LogP contribution >= 0.6 is 0 Å². The highest BCUT2D eigenvalue weighted by atomic mass is 16.5. The van der Waals surface area contributed by atoms with E-state index in [1.165, 1.54) is 20.0 Å². The summed E-state index contributed by atoms with van der Waals surface area (Å²) < 4.78 is 10.8. The van der Waals surface area contributed by atoms with Crippen molar-refractivity contribution in [1.29, 1.82) is 0 Å². The molecular weight excluding hydrogens is 258 g/mol. The number of aromatic nitrogens is 3. The molecule has 112 valence electrons. The van der Waals surface area contributed by atoms with E-state index in [1.54, 1.807) is 0 Å². The van der Waals surface area contributed by atoms with E-state index < -0.39 is 0 Å². The van der Waals surface area contributed by atoms with Gasteiger partial charge in [0.2, 0.25) is 5.95 Å². The van der Waals surface area contributed by atoms with Gasteiger partial charge in [-0.15, -0.1) is 4.98 Å². The molecule has 0 amide bonds. The van der Waals surface area contributed by atoms with Crippen molar-refractivity contribution < 1.29 is 9.47 Å². The number of hydrogen-bond donors (Lipinski definition) is 1. The number of likely N-dealkylation sites (N-methyl/N-ethyl adjacent to an activating group) is 1.